The van der Waals surface area contributed by atoms with E-state index in [4.69, 9.17) is 4.74 Å². The number of nitrogens with zero attached hydrogens (tertiary/aromatic N) is 1. The van der Waals surface area contributed by atoms with E-state index in [-0.39, 0.29) is 5.41 Å². The Balaban J connectivity index is 2.23. The number of methoxy groups -OCH3 is 1. The fourth-order valence-electron chi connectivity index (χ4n) is 3.31. The minimum atomic E-state index is -0.163. The number of benzene rings is 2. The zero-order chi connectivity index (χ0) is 15.7. The standard InChI is InChI=1S/C20H23NO/c1-15-9-11-16(12-10-15)20(2,14-22-4)18-13-21(3)19-8-6-5-7-17(18)19/h5-13H,14H2,1-4H3. The molecule has 1 unspecified atom stereocenters. The molecule has 3 aromatic rings. The molecule has 0 saturated heterocycles. The number of fused-ring (bicyclic) bond motifs is 1. The lowest BCUT2D eigenvalue weighted by atomic mass is 9.76. The molecule has 0 amide bonds. The second-order valence-electron chi connectivity index (χ2n) is 6.30. The van der Waals surface area contributed by atoms with E-state index in [2.05, 4.69) is 80.2 Å². The molecule has 3 rings (SSSR count). The van der Waals surface area contributed by atoms with E-state index >= 15 is 0 Å². The molecule has 0 radical (unpaired) electrons. The summed E-state index contributed by atoms with van der Waals surface area (Å²) in [5.41, 5.74) is 4.98. The maximum atomic E-state index is 5.59. The molecule has 0 bridgehead atoms. The van der Waals surface area contributed by atoms with Crippen molar-refractivity contribution in [3.63, 3.8) is 0 Å². The summed E-state index contributed by atoms with van der Waals surface area (Å²) in [5, 5.41) is 1.30. The maximum absolute atomic E-state index is 5.59. The Morgan fingerprint density at radius 1 is 1.05 bits per heavy atom. The number of hydrogen-bond acceptors (Lipinski definition) is 1. The van der Waals surface area contributed by atoms with Gasteiger partial charge < -0.3 is 9.30 Å². The zero-order valence-corrected chi connectivity index (χ0v) is 13.8. The molecule has 0 N–H and O–H groups in total. The Labute approximate surface area is 132 Å². The van der Waals surface area contributed by atoms with Crippen molar-refractivity contribution < 1.29 is 4.74 Å². The van der Waals surface area contributed by atoms with Gasteiger partial charge in [0, 0.05) is 36.7 Å². The van der Waals surface area contributed by atoms with Crippen molar-refractivity contribution >= 4 is 10.9 Å². The van der Waals surface area contributed by atoms with Crippen LogP contribution < -0.4 is 0 Å². The lowest BCUT2D eigenvalue weighted by Crippen LogP contribution is -2.29. The van der Waals surface area contributed by atoms with Gasteiger partial charge in [0.15, 0.2) is 0 Å². The van der Waals surface area contributed by atoms with Gasteiger partial charge in [0.1, 0.15) is 0 Å². The smallest absolute Gasteiger partial charge is 0.0598 e. The molecule has 1 aromatic heterocycles. The summed E-state index contributed by atoms with van der Waals surface area (Å²) in [7, 11) is 3.88. The zero-order valence-electron chi connectivity index (χ0n) is 13.8. The van der Waals surface area contributed by atoms with E-state index in [1.54, 1.807) is 7.11 Å². The Kier molecular flexibility index (Phi) is 3.79. The van der Waals surface area contributed by atoms with E-state index in [0.717, 1.165) is 0 Å². The summed E-state index contributed by atoms with van der Waals surface area (Å²) in [6, 6.07) is 17.4. The van der Waals surface area contributed by atoms with Crippen LogP contribution in [0.15, 0.2) is 54.7 Å². The molecule has 1 heterocycles. The fourth-order valence-corrected chi connectivity index (χ4v) is 3.31. The summed E-state index contributed by atoms with van der Waals surface area (Å²) in [6.45, 7) is 5.04. The van der Waals surface area contributed by atoms with Crippen LogP contribution in [-0.2, 0) is 17.2 Å². The van der Waals surface area contributed by atoms with E-state index < -0.39 is 0 Å². The Bertz CT molecular complexity index is 785. The molecule has 0 aliphatic heterocycles. The van der Waals surface area contributed by atoms with Crippen molar-refractivity contribution in [1.82, 2.24) is 4.57 Å². The lowest BCUT2D eigenvalue weighted by Gasteiger charge is -2.29. The minimum Gasteiger partial charge on any atom is -0.383 e. The number of hydrogen-bond donors (Lipinski definition) is 0. The molecule has 2 heteroatoms. The number of aryl methyl sites for hydroxylation is 2. The van der Waals surface area contributed by atoms with Gasteiger partial charge in [-0.15, -0.1) is 0 Å². The summed E-state index contributed by atoms with van der Waals surface area (Å²) in [4.78, 5) is 0. The number of rotatable bonds is 4. The SMILES string of the molecule is COCC(C)(c1ccc(C)cc1)c1cn(C)c2ccccc12. The van der Waals surface area contributed by atoms with E-state index in [1.165, 1.54) is 27.6 Å². The monoisotopic (exact) mass is 293 g/mol. The molecule has 1 atom stereocenters. The van der Waals surface area contributed by atoms with Gasteiger partial charge in [-0.3, -0.25) is 0 Å². The summed E-state index contributed by atoms with van der Waals surface area (Å²) in [6.07, 6.45) is 2.24. The van der Waals surface area contributed by atoms with Gasteiger partial charge in [0.2, 0.25) is 0 Å². The van der Waals surface area contributed by atoms with Gasteiger partial charge >= 0.3 is 0 Å². The van der Waals surface area contributed by atoms with Crippen LogP contribution in [0.5, 0.6) is 0 Å². The molecule has 0 saturated carbocycles. The second-order valence-corrected chi connectivity index (χ2v) is 6.30. The molecular weight excluding hydrogens is 270 g/mol. The third kappa shape index (κ3) is 2.34. The highest BCUT2D eigenvalue weighted by Crippen LogP contribution is 2.37. The predicted octanol–water partition coefficient (Wildman–Crippen LogP) is 4.44. The second kappa shape index (κ2) is 5.62. The Morgan fingerprint density at radius 2 is 1.73 bits per heavy atom. The van der Waals surface area contributed by atoms with Crippen molar-refractivity contribution in [2.24, 2.45) is 7.05 Å². The van der Waals surface area contributed by atoms with Crippen LogP contribution in [0.25, 0.3) is 10.9 Å². The molecule has 2 aromatic carbocycles. The van der Waals surface area contributed by atoms with Gasteiger partial charge in [-0.1, -0.05) is 48.0 Å². The molecule has 0 fully saturated rings. The lowest BCUT2D eigenvalue weighted by molar-refractivity contribution is 0.156. The van der Waals surface area contributed by atoms with Crippen LogP contribution in [0.2, 0.25) is 0 Å². The average molecular weight is 293 g/mol. The van der Waals surface area contributed by atoms with Crippen molar-refractivity contribution in [2.45, 2.75) is 19.3 Å². The van der Waals surface area contributed by atoms with Crippen molar-refractivity contribution in [2.75, 3.05) is 13.7 Å². The number of ether oxygens (including phenoxy) is 1. The van der Waals surface area contributed by atoms with Gasteiger partial charge in [-0.25, -0.2) is 0 Å². The fraction of sp³-hybridized carbons (Fsp3) is 0.300. The first kappa shape index (κ1) is 14.9. The summed E-state index contributed by atoms with van der Waals surface area (Å²) < 4.78 is 7.80. The van der Waals surface area contributed by atoms with Crippen LogP contribution >= 0.6 is 0 Å². The van der Waals surface area contributed by atoms with Crippen LogP contribution in [-0.4, -0.2) is 18.3 Å². The largest absolute Gasteiger partial charge is 0.383 e. The summed E-state index contributed by atoms with van der Waals surface area (Å²) in [5.74, 6) is 0. The normalized spacial score (nSPS) is 14.2. The third-order valence-corrected chi connectivity index (χ3v) is 4.61. The topological polar surface area (TPSA) is 14.2 Å². The summed E-state index contributed by atoms with van der Waals surface area (Å²) >= 11 is 0. The van der Waals surface area contributed by atoms with Gasteiger partial charge in [-0.2, -0.15) is 0 Å². The van der Waals surface area contributed by atoms with Crippen LogP contribution in [0, 0.1) is 6.92 Å². The Morgan fingerprint density at radius 3 is 2.41 bits per heavy atom. The van der Waals surface area contributed by atoms with E-state index in [9.17, 15) is 0 Å². The van der Waals surface area contributed by atoms with Gasteiger partial charge in [0.05, 0.1) is 6.61 Å². The van der Waals surface area contributed by atoms with Gasteiger partial charge in [0.25, 0.3) is 0 Å². The first-order valence-electron chi connectivity index (χ1n) is 7.67. The van der Waals surface area contributed by atoms with Gasteiger partial charge in [-0.05, 0) is 31.0 Å². The van der Waals surface area contributed by atoms with E-state index in [1.807, 2.05) is 0 Å². The number of para-hydroxylation sites is 1. The van der Waals surface area contributed by atoms with E-state index in [0.29, 0.717) is 6.61 Å². The minimum absolute atomic E-state index is 0.163. The third-order valence-electron chi connectivity index (χ3n) is 4.61. The first-order chi connectivity index (χ1) is 10.6. The molecule has 0 spiro atoms. The molecule has 0 aliphatic rings. The number of aromatic nitrogens is 1. The molecule has 0 aliphatic carbocycles. The molecular formula is C20H23NO. The first-order valence-corrected chi connectivity index (χ1v) is 7.67. The maximum Gasteiger partial charge on any atom is 0.0598 e. The molecule has 22 heavy (non-hydrogen) atoms. The van der Waals surface area contributed by atoms with Crippen LogP contribution in [0.1, 0.15) is 23.6 Å². The quantitative estimate of drug-likeness (QED) is 0.693. The van der Waals surface area contributed by atoms with Crippen molar-refractivity contribution in [1.29, 1.82) is 0 Å². The molecule has 114 valence electrons. The van der Waals surface area contributed by atoms with Crippen molar-refractivity contribution in [3.8, 4) is 0 Å². The highest BCUT2D eigenvalue weighted by Gasteiger charge is 2.32. The average Bonchev–Trinajstić information content (AvgIpc) is 2.86. The van der Waals surface area contributed by atoms with Crippen molar-refractivity contribution in [3.05, 3.63) is 71.4 Å². The van der Waals surface area contributed by atoms with Crippen LogP contribution in [0.4, 0.5) is 0 Å². The highest BCUT2D eigenvalue weighted by molar-refractivity contribution is 5.85. The Hall–Kier alpha value is -2.06. The predicted molar refractivity (Wildman–Crippen MR) is 92.4 cm³/mol. The molecule has 2 nitrogen and oxygen atoms in total. The van der Waals surface area contributed by atoms with Crippen LogP contribution in [0.3, 0.4) is 0 Å². The highest BCUT2D eigenvalue weighted by atomic mass is 16.5.